The molecule has 1 aromatic rings. The molecule has 0 spiro atoms. The van der Waals surface area contributed by atoms with Gasteiger partial charge in [-0.15, -0.1) is 11.8 Å². The second-order valence-corrected chi connectivity index (χ2v) is 5.80. The first-order chi connectivity index (χ1) is 7.06. The first-order valence-electron chi connectivity index (χ1n) is 4.96. The van der Waals surface area contributed by atoms with Crippen molar-refractivity contribution < 1.29 is 4.79 Å². The number of amides is 1. The van der Waals surface area contributed by atoms with Gasteiger partial charge < -0.3 is 5.32 Å². The fourth-order valence-corrected chi connectivity index (χ4v) is 3.14. The van der Waals surface area contributed by atoms with Gasteiger partial charge >= 0.3 is 0 Å². The van der Waals surface area contributed by atoms with Gasteiger partial charge in [0.2, 0.25) is 0 Å². The third kappa shape index (κ3) is 3.21. The number of thioether (sulfide) groups is 1. The van der Waals surface area contributed by atoms with E-state index in [4.69, 9.17) is 0 Å². The second kappa shape index (κ2) is 5.51. The van der Waals surface area contributed by atoms with E-state index in [9.17, 15) is 4.79 Å². The molecule has 5 heteroatoms. The average Bonchev–Trinajstić information content (AvgIpc) is 2.46. The van der Waals surface area contributed by atoms with Crippen LogP contribution >= 0.6 is 23.3 Å². The molecular formula is C10H16N2OS2. The van der Waals surface area contributed by atoms with E-state index in [1.807, 2.05) is 20.8 Å². The van der Waals surface area contributed by atoms with Crippen molar-refractivity contribution in [3.8, 4) is 0 Å². The van der Waals surface area contributed by atoms with Crippen molar-refractivity contribution in [2.24, 2.45) is 0 Å². The SMILES string of the molecule is CCSc1snc(C)c1C(=O)NC(C)C. The third-order valence-electron chi connectivity index (χ3n) is 1.75. The van der Waals surface area contributed by atoms with Gasteiger partial charge in [0.15, 0.2) is 0 Å². The number of nitrogens with zero attached hydrogens (tertiary/aromatic N) is 1. The van der Waals surface area contributed by atoms with Crippen molar-refractivity contribution in [3.63, 3.8) is 0 Å². The van der Waals surface area contributed by atoms with Crippen LogP contribution in [0.3, 0.4) is 0 Å². The lowest BCUT2D eigenvalue weighted by Gasteiger charge is -2.08. The molecule has 0 atom stereocenters. The molecule has 0 radical (unpaired) electrons. The minimum atomic E-state index is -0.00722. The molecule has 0 unspecified atom stereocenters. The minimum absolute atomic E-state index is 0.00722. The number of aromatic nitrogens is 1. The molecule has 1 heterocycles. The smallest absolute Gasteiger partial charge is 0.255 e. The predicted molar refractivity (Wildman–Crippen MR) is 65.9 cm³/mol. The Morgan fingerprint density at radius 3 is 2.80 bits per heavy atom. The van der Waals surface area contributed by atoms with E-state index in [1.54, 1.807) is 11.8 Å². The van der Waals surface area contributed by atoms with Crippen LogP contribution < -0.4 is 5.32 Å². The summed E-state index contributed by atoms with van der Waals surface area (Å²) in [5.41, 5.74) is 1.58. The largest absolute Gasteiger partial charge is 0.350 e. The monoisotopic (exact) mass is 244 g/mol. The number of carbonyl (C=O) groups excluding carboxylic acids is 1. The highest BCUT2D eigenvalue weighted by atomic mass is 32.2. The van der Waals surface area contributed by atoms with Crippen molar-refractivity contribution in [1.29, 1.82) is 0 Å². The van der Waals surface area contributed by atoms with Crippen LogP contribution in [0, 0.1) is 6.92 Å². The fourth-order valence-electron chi connectivity index (χ4n) is 1.17. The Balaban J connectivity index is 2.90. The van der Waals surface area contributed by atoms with E-state index in [-0.39, 0.29) is 11.9 Å². The van der Waals surface area contributed by atoms with Crippen molar-refractivity contribution >= 4 is 29.2 Å². The summed E-state index contributed by atoms with van der Waals surface area (Å²) in [5, 5.41) is 2.90. The van der Waals surface area contributed by atoms with Crippen LogP contribution in [0.25, 0.3) is 0 Å². The van der Waals surface area contributed by atoms with Crippen LogP contribution in [0.1, 0.15) is 36.8 Å². The quantitative estimate of drug-likeness (QED) is 0.828. The molecule has 3 nitrogen and oxygen atoms in total. The van der Waals surface area contributed by atoms with E-state index >= 15 is 0 Å². The van der Waals surface area contributed by atoms with Gasteiger partial charge in [-0.2, -0.15) is 4.37 Å². The molecule has 0 saturated heterocycles. The number of aryl methyl sites for hydroxylation is 1. The van der Waals surface area contributed by atoms with Gasteiger partial charge in [-0.25, -0.2) is 0 Å². The summed E-state index contributed by atoms with van der Waals surface area (Å²) in [6.45, 7) is 7.87. The summed E-state index contributed by atoms with van der Waals surface area (Å²) in [4.78, 5) is 11.9. The maximum absolute atomic E-state index is 11.9. The highest BCUT2D eigenvalue weighted by Crippen LogP contribution is 2.29. The minimum Gasteiger partial charge on any atom is -0.350 e. The average molecular weight is 244 g/mol. The highest BCUT2D eigenvalue weighted by molar-refractivity contribution is 8.01. The molecule has 1 aromatic heterocycles. The Hall–Kier alpha value is -0.550. The topological polar surface area (TPSA) is 42.0 Å². The van der Waals surface area contributed by atoms with Gasteiger partial charge in [-0.3, -0.25) is 4.79 Å². The van der Waals surface area contributed by atoms with Gasteiger partial charge in [-0.1, -0.05) is 6.92 Å². The zero-order chi connectivity index (χ0) is 11.4. The molecule has 0 aliphatic carbocycles. The van der Waals surface area contributed by atoms with Crippen molar-refractivity contribution in [2.45, 2.75) is 37.9 Å². The Labute approximate surface area is 98.8 Å². The molecule has 84 valence electrons. The Bertz CT molecular complexity index is 347. The summed E-state index contributed by atoms with van der Waals surface area (Å²) >= 11 is 3.08. The van der Waals surface area contributed by atoms with Gasteiger partial charge in [0.1, 0.15) is 0 Å². The van der Waals surface area contributed by atoms with Crippen LogP contribution in [0.2, 0.25) is 0 Å². The number of nitrogens with one attached hydrogen (secondary N) is 1. The predicted octanol–water partition coefficient (Wildman–Crippen LogP) is 2.70. The molecular weight excluding hydrogens is 228 g/mol. The maximum atomic E-state index is 11.9. The number of hydrogen-bond acceptors (Lipinski definition) is 4. The fraction of sp³-hybridized carbons (Fsp3) is 0.600. The number of hydrogen-bond donors (Lipinski definition) is 1. The first kappa shape index (κ1) is 12.5. The van der Waals surface area contributed by atoms with Crippen LogP contribution in [0.5, 0.6) is 0 Å². The lowest BCUT2D eigenvalue weighted by atomic mass is 10.2. The van der Waals surface area contributed by atoms with Crippen LogP contribution in [-0.4, -0.2) is 22.1 Å². The summed E-state index contributed by atoms with van der Waals surface area (Å²) in [5.74, 6) is 0.955. The van der Waals surface area contributed by atoms with Gasteiger partial charge in [-0.05, 0) is 38.1 Å². The molecule has 0 bridgehead atoms. The van der Waals surface area contributed by atoms with Crippen molar-refractivity contribution in [1.82, 2.24) is 9.69 Å². The maximum Gasteiger partial charge on any atom is 0.255 e. The van der Waals surface area contributed by atoms with E-state index in [2.05, 4.69) is 16.6 Å². The van der Waals surface area contributed by atoms with E-state index in [0.717, 1.165) is 21.2 Å². The van der Waals surface area contributed by atoms with E-state index in [1.165, 1.54) is 11.5 Å². The van der Waals surface area contributed by atoms with Crippen molar-refractivity contribution in [2.75, 3.05) is 5.75 Å². The molecule has 1 amide bonds. The lowest BCUT2D eigenvalue weighted by molar-refractivity contribution is 0.0940. The standard InChI is InChI=1S/C10H16N2OS2/c1-5-14-10-8(7(4)12-15-10)9(13)11-6(2)3/h6H,5H2,1-4H3,(H,11,13). The first-order valence-corrected chi connectivity index (χ1v) is 6.72. The lowest BCUT2D eigenvalue weighted by Crippen LogP contribution is -2.30. The third-order valence-corrected chi connectivity index (χ3v) is 3.82. The molecule has 0 aliphatic heterocycles. The van der Waals surface area contributed by atoms with Crippen LogP contribution in [0.4, 0.5) is 0 Å². The molecule has 0 fully saturated rings. The molecule has 0 aliphatic rings. The van der Waals surface area contributed by atoms with Crippen molar-refractivity contribution in [3.05, 3.63) is 11.3 Å². The molecule has 0 aromatic carbocycles. The van der Waals surface area contributed by atoms with E-state index < -0.39 is 0 Å². The normalized spacial score (nSPS) is 10.7. The van der Waals surface area contributed by atoms with E-state index in [0.29, 0.717) is 0 Å². The Morgan fingerprint density at radius 2 is 2.27 bits per heavy atom. The summed E-state index contributed by atoms with van der Waals surface area (Å²) < 4.78 is 5.24. The molecule has 15 heavy (non-hydrogen) atoms. The zero-order valence-electron chi connectivity index (χ0n) is 9.46. The highest BCUT2D eigenvalue weighted by Gasteiger charge is 2.18. The van der Waals surface area contributed by atoms with Gasteiger partial charge in [0.05, 0.1) is 15.5 Å². The summed E-state index contributed by atoms with van der Waals surface area (Å²) in [6, 6.07) is 0.163. The molecule has 0 saturated carbocycles. The summed E-state index contributed by atoms with van der Waals surface area (Å²) in [6.07, 6.45) is 0. The van der Waals surface area contributed by atoms with Crippen LogP contribution in [0.15, 0.2) is 4.21 Å². The zero-order valence-corrected chi connectivity index (χ0v) is 11.1. The Morgan fingerprint density at radius 1 is 1.60 bits per heavy atom. The Kier molecular flexibility index (Phi) is 4.60. The molecule has 1 N–H and O–H groups in total. The number of rotatable bonds is 4. The molecule has 1 rings (SSSR count). The van der Waals surface area contributed by atoms with Crippen LogP contribution in [-0.2, 0) is 0 Å². The van der Waals surface area contributed by atoms with Gasteiger partial charge in [0, 0.05) is 6.04 Å². The second-order valence-electron chi connectivity index (χ2n) is 3.49. The summed E-state index contributed by atoms with van der Waals surface area (Å²) in [7, 11) is 0. The number of carbonyl (C=O) groups is 1. The van der Waals surface area contributed by atoms with Gasteiger partial charge in [0.25, 0.3) is 5.91 Å².